The van der Waals surface area contributed by atoms with Gasteiger partial charge in [-0.15, -0.1) is 0 Å². The zero-order chi connectivity index (χ0) is 14.0. The van der Waals surface area contributed by atoms with Crippen LogP contribution < -0.4 is 5.32 Å². The summed E-state index contributed by atoms with van der Waals surface area (Å²) in [5, 5.41) is 4.23. The van der Waals surface area contributed by atoms with Crippen LogP contribution >= 0.6 is 23.2 Å². The van der Waals surface area contributed by atoms with Gasteiger partial charge in [0.1, 0.15) is 0 Å². The summed E-state index contributed by atoms with van der Waals surface area (Å²) < 4.78 is 0. The number of benzene rings is 1. The number of rotatable bonds is 3. The van der Waals surface area contributed by atoms with Crippen LogP contribution in [0.15, 0.2) is 18.2 Å². The van der Waals surface area contributed by atoms with Crippen molar-refractivity contribution < 1.29 is 4.79 Å². The summed E-state index contributed by atoms with van der Waals surface area (Å²) in [5.74, 6) is 0.0342. The molecule has 1 unspecified atom stereocenters. The van der Waals surface area contributed by atoms with Gasteiger partial charge in [0.05, 0.1) is 6.42 Å². The lowest BCUT2D eigenvalue weighted by Gasteiger charge is -2.18. The van der Waals surface area contributed by atoms with Gasteiger partial charge in [0.2, 0.25) is 5.91 Å². The number of nitrogens with one attached hydrogen (secondary N) is 1. The summed E-state index contributed by atoms with van der Waals surface area (Å²) in [5.41, 5.74) is 1.16. The van der Waals surface area contributed by atoms with E-state index in [1.807, 2.05) is 6.07 Å². The van der Waals surface area contributed by atoms with Crippen molar-refractivity contribution in [3.8, 4) is 0 Å². The summed E-state index contributed by atoms with van der Waals surface area (Å²) in [6, 6.07) is 5.54. The molecule has 1 atom stereocenters. The van der Waals surface area contributed by atoms with Crippen LogP contribution in [0.3, 0.4) is 0 Å². The predicted molar refractivity (Wildman–Crippen MR) is 79.7 cm³/mol. The number of carbonyl (C=O) groups excluding carboxylic acids is 1. The zero-order valence-electron chi connectivity index (χ0n) is 11.3. The van der Waals surface area contributed by atoms with E-state index in [1.54, 1.807) is 12.1 Å². The Kier molecular flexibility index (Phi) is 4.42. The second-order valence-electron chi connectivity index (χ2n) is 6.08. The van der Waals surface area contributed by atoms with Crippen LogP contribution in [0, 0.1) is 5.41 Å². The van der Waals surface area contributed by atoms with Crippen molar-refractivity contribution >= 4 is 29.1 Å². The maximum atomic E-state index is 12.0. The zero-order valence-corrected chi connectivity index (χ0v) is 12.8. The van der Waals surface area contributed by atoms with Crippen LogP contribution in [-0.4, -0.2) is 11.9 Å². The molecule has 1 aromatic carbocycles. The predicted octanol–water partition coefficient (Wildman–Crippen LogP) is 4.23. The van der Waals surface area contributed by atoms with Crippen LogP contribution in [0.4, 0.5) is 0 Å². The van der Waals surface area contributed by atoms with E-state index in [2.05, 4.69) is 19.2 Å². The third kappa shape index (κ3) is 4.12. The Morgan fingerprint density at radius 1 is 1.42 bits per heavy atom. The molecule has 1 amide bonds. The second-order valence-corrected chi connectivity index (χ2v) is 6.93. The molecule has 1 N–H and O–H groups in total. The first-order valence-electron chi connectivity index (χ1n) is 6.59. The number of hydrogen-bond donors (Lipinski definition) is 1. The molecule has 1 aromatic rings. The van der Waals surface area contributed by atoms with Gasteiger partial charge in [-0.2, -0.15) is 0 Å². The molecular weight excluding hydrogens is 281 g/mol. The van der Waals surface area contributed by atoms with Gasteiger partial charge in [-0.25, -0.2) is 0 Å². The van der Waals surface area contributed by atoms with Gasteiger partial charge < -0.3 is 5.32 Å². The molecule has 2 nitrogen and oxygen atoms in total. The van der Waals surface area contributed by atoms with E-state index in [4.69, 9.17) is 23.2 Å². The molecule has 104 valence electrons. The summed E-state index contributed by atoms with van der Waals surface area (Å²) in [7, 11) is 0. The standard InChI is InChI=1S/C15H19Cl2NO/c1-15(2)6-5-12(9-15)18-14(19)7-10-3-4-11(16)8-13(10)17/h3-4,8,12H,5-7,9H2,1-2H3,(H,18,19). The van der Waals surface area contributed by atoms with Gasteiger partial charge in [-0.05, 0) is 42.4 Å². The van der Waals surface area contributed by atoms with Crippen molar-refractivity contribution in [3.05, 3.63) is 33.8 Å². The van der Waals surface area contributed by atoms with E-state index in [1.165, 1.54) is 6.42 Å². The highest BCUT2D eigenvalue weighted by molar-refractivity contribution is 6.35. The highest BCUT2D eigenvalue weighted by Crippen LogP contribution is 2.36. The second kappa shape index (κ2) is 5.72. The Hall–Kier alpha value is -0.730. The summed E-state index contributed by atoms with van der Waals surface area (Å²) in [6.07, 6.45) is 3.59. The Bertz CT molecular complexity index is 485. The quantitative estimate of drug-likeness (QED) is 0.889. The maximum absolute atomic E-state index is 12.0. The van der Waals surface area contributed by atoms with Gasteiger partial charge >= 0.3 is 0 Å². The molecule has 4 heteroatoms. The largest absolute Gasteiger partial charge is 0.353 e. The fourth-order valence-corrected chi connectivity index (χ4v) is 3.15. The lowest BCUT2D eigenvalue weighted by Crippen LogP contribution is -2.34. The normalized spacial score (nSPS) is 21.4. The van der Waals surface area contributed by atoms with Crippen LogP contribution in [0.5, 0.6) is 0 Å². The molecule has 0 aliphatic heterocycles. The van der Waals surface area contributed by atoms with Crippen LogP contribution in [0.2, 0.25) is 10.0 Å². The molecule has 19 heavy (non-hydrogen) atoms. The molecule has 0 saturated heterocycles. The van der Waals surface area contributed by atoms with Gasteiger partial charge in [0.25, 0.3) is 0 Å². The fraction of sp³-hybridized carbons (Fsp3) is 0.533. The first-order valence-corrected chi connectivity index (χ1v) is 7.35. The van der Waals surface area contributed by atoms with Crippen molar-refractivity contribution in [2.24, 2.45) is 5.41 Å². The third-order valence-corrected chi connectivity index (χ3v) is 4.29. The molecule has 1 aliphatic rings. The van der Waals surface area contributed by atoms with Crippen molar-refractivity contribution in [3.63, 3.8) is 0 Å². The van der Waals surface area contributed by atoms with Gasteiger partial charge in [0, 0.05) is 16.1 Å². The van der Waals surface area contributed by atoms with E-state index in [0.717, 1.165) is 18.4 Å². The van der Waals surface area contributed by atoms with Gasteiger partial charge in [-0.1, -0.05) is 43.1 Å². The first-order chi connectivity index (χ1) is 8.85. The number of carbonyl (C=O) groups is 1. The molecule has 2 rings (SSSR count). The van der Waals surface area contributed by atoms with E-state index < -0.39 is 0 Å². The summed E-state index contributed by atoms with van der Waals surface area (Å²) in [4.78, 5) is 12.0. The molecule has 1 saturated carbocycles. The Labute approximate surface area is 124 Å². The van der Waals surface area contributed by atoms with E-state index in [0.29, 0.717) is 27.9 Å². The smallest absolute Gasteiger partial charge is 0.224 e. The van der Waals surface area contributed by atoms with Crippen LogP contribution in [0.1, 0.15) is 38.7 Å². The minimum Gasteiger partial charge on any atom is -0.353 e. The van der Waals surface area contributed by atoms with Crippen LogP contribution in [-0.2, 0) is 11.2 Å². The van der Waals surface area contributed by atoms with Gasteiger partial charge in [-0.3, -0.25) is 4.79 Å². The van der Waals surface area contributed by atoms with Crippen molar-refractivity contribution in [1.29, 1.82) is 0 Å². The van der Waals surface area contributed by atoms with Crippen molar-refractivity contribution in [2.75, 3.05) is 0 Å². The molecule has 0 aromatic heterocycles. The first kappa shape index (κ1) is 14.7. The Morgan fingerprint density at radius 2 is 2.16 bits per heavy atom. The van der Waals surface area contributed by atoms with Crippen LogP contribution in [0.25, 0.3) is 0 Å². The van der Waals surface area contributed by atoms with E-state index in [9.17, 15) is 4.79 Å². The number of halogens is 2. The minimum atomic E-state index is 0.0342. The topological polar surface area (TPSA) is 29.1 Å². The number of hydrogen-bond acceptors (Lipinski definition) is 1. The number of amides is 1. The molecule has 0 bridgehead atoms. The molecular formula is C15H19Cl2NO. The van der Waals surface area contributed by atoms with E-state index >= 15 is 0 Å². The van der Waals surface area contributed by atoms with Gasteiger partial charge in [0.15, 0.2) is 0 Å². The lowest BCUT2D eigenvalue weighted by molar-refractivity contribution is -0.121. The average Bonchev–Trinajstić information content (AvgIpc) is 2.62. The maximum Gasteiger partial charge on any atom is 0.224 e. The van der Waals surface area contributed by atoms with Crippen molar-refractivity contribution in [1.82, 2.24) is 5.32 Å². The summed E-state index contributed by atoms with van der Waals surface area (Å²) in [6.45, 7) is 4.49. The monoisotopic (exact) mass is 299 g/mol. The van der Waals surface area contributed by atoms with Crippen molar-refractivity contribution in [2.45, 2.75) is 45.6 Å². The SMILES string of the molecule is CC1(C)CCC(NC(=O)Cc2ccc(Cl)cc2Cl)C1. The molecule has 0 radical (unpaired) electrons. The molecule has 1 aliphatic carbocycles. The summed E-state index contributed by atoms with van der Waals surface area (Å²) >= 11 is 11.9. The fourth-order valence-electron chi connectivity index (χ4n) is 2.68. The molecule has 1 fully saturated rings. The Morgan fingerprint density at radius 3 is 2.74 bits per heavy atom. The van der Waals surface area contributed by atoms with E-state index in [-0.39, 0.29) is 5.91 Å². The highest BCUT2D eigenvalue weighted by atomic mass is 35.5. The highest BCUT2D eigenvalue weighted by Gasteiger charge is 2.31. The Balaban J connectivity index is 1.91. The lowest BCUT2D eigenvalue weighted by atomic mass is 9.92. The average molecular weight is 300 g/mol. The molecule has 0 heterocycles. The minimum absolute atomic E-state index is 0.0342. The molecule has 0 spiro atoms. The third-order valence-electron chi connectivity index (χ3n) is 3.70.